The fourth-order valence-corrected chi connectivity index (χ4v) is 3.54. The van der Waals surface area contributed by atoms with Gasteiger partial charge in [-0.25, -0.2) is 4.98 Å². The lowest BCUT2D eigenvalue weighted by molar-refractivity contribution is 0.0632. The van der Waals surface area contributed by atoms with Gasteiger partial charge in [-0.1, -0.05) is 12.1 Å². The number of hydrogen-bond acceptors (Lipinski definition) is 6. The van der Waals surface area contributed by atoms with Gasteiger partial charge < -0.3 is 14.5 Å². The van der Waals surface area contributed by atoms with Crippen LogP contribution in [0.4, 0.5) is 0 Å². The lowest BCUT2D eigenvalue weighted by atomic mass is 10.2. The lowest BCUT2D eigenvalue weighted by Gasteiger charge is -2.29. The summed E-state index contributed by atoms with van der Waals surface area (Å²) in [5.41, 5.74) is 0.669. The number of aromatic nitrogens is 2. The van der Waals surface area contributed by atoms with Gasteiger partial charge in [0.15, 0.2) is 11.5 Å². The number of rotatable bonds is 4. The van der Waals surface area contributed by atoms with Gasteiger partial charge in [-0.05, 0) is 30.6 Å². The maximum Gasteiger partial charge on any atom is 0.268 e. The molecular weight excluding hydrogens is 326 g/mol. The van der Waals surface area contributed by atoms with Crippen LogP contribution in [0.1, 0.15) is 5.82 Å². The van der Waals surface area contributed by atoms with Crippen LogP contribution in [0.2, 0.25) is 0 Å². The molecule has 7 heteroatoms. The van der Waals surface area contributed by atoms with Gasteiger partial charge >= 0.3 is 0 Å². The topological polar surface area (TPSA) is 67.5 Å². The number of H-pyrrole nitrogens is 1. The van der Waals surface area contributed by atoms with Gasteiger partial charge in [0.2, 0.25) is 0 Å². The molecule has 1 unspecified atom stereocenters. The largest absolute Gasteiger partial charge is 0.486 e. The van der Waals surface area contributed by atoms with Gasteiger partial charge in [-0.15, -0.1) is 11.3 Å². The van der Waals surface area contributed by atoms with E-state index in [2.05, 4.69) is 14.9 Å². The van der Waals surface area contributed by atoms with Crippen molar-refractivity contribution in [3.8, 4) is 11.5 Å². The van der Waals surface area contributed by atoms with Crippen molar-refractivity contribution < 1.29 is 9.47 Å². The van der Waals surface area contributed by atoms with Crippen LogP contribution in [0, 0.1) is 0 Å². The molecule has 2 aromatic heterocycles. The summed E-state index contributed by atoms with van der Waals surface area (Å²) in [6.07, 6.45) is -0.0542. The van der Waals surface area contributed by atoms with Gasteiger partial charge in [0.1, 0.15) is 23.2 Å². The van der Waals surface area contributed by atoms with Crippen LogP contribution in [0.3, 0.4) is 0 Å². The van der Waals surface area contributed by atoms with E-state index in [1.165, 1.54) is 11.3 Å². The summed E-state index contributed by atoms with van der Waals surface area (Å²) >= 11 is 1.41. The molecule has 4 rings (SSSR count). The Bertz CT molecular complexity index is 921. The summed E-state index contributed by atoms with van der Waals surface area (Å²) < 4.78 is 12.4. The van der Waals surface area contributed by atoms with Crippen molar-refractivity contribution in [3.05, 3.63) is 51.9 Å². The summed E-state index contributed by atoms with van der Waals surface area (Å²) in [4.78, 5) is 21.4. The van der Waals surface area contributed by atoms with Gasteiger partial charge in [0.25, 0.3) is 5.56 Å². The molecule has 1 N–H and O–H groups in total. The third-order valence-corrected chi connectivity index (χ3v) is 4.77. The molecule has 0 spiro atoms. The summed E-state index contributed by atoms with van der Waals surface area (Å²) in [6.45, 7) is 1.73. The number of fused-ring (bicyclic) bond motifs is 2. The highest BCUT2D eigenvalue weighted by molar-refractivity contribution is 7.17. The monoisotopic (exact) mass is 343 g/mol. The lowest BCUT2D eigenvalue weighted by Crippen LogP contribution is -2.39. The molecule has 124 valence electrons. The fraction of sp³-hybridized carbons (Fsp3) is 0.294. The zero-order chi connectivity index (χ0) is 16.5. The van der Waals surface area contributed by atoms with Crippen molar-refractivity contribution in [2.75, 3.05) is 20.2 Å². The summed E-state index contributed by atoms with van der Waals surface area (Å²) in [5.74, 6) is 2.21. The van der Waals surface area contributed by atoms with E-state index in [-0.39, 0.29) is 11.7 Å². The molecule has 0 saturated carbocycles. The molecule has 0 aliphatic carbocycles. The molecule has 1 aliphatic heterocycles. The minimum atomic E-state index is -0.0791. The number of aromatic amines is 1. The molecule has 0 bridgehead atoms. The Balaban J connectivity index is 1.43. The first-order valence-corrected chi connectivity index (χ1v) is 8.60. The Morgan fingerprint density at radius 1 is 1.33 bits per heavy atom. The van der Waals surface area contributed by atoms with Crippen LogP contribution in [-0.4, -0.2) is 41.2 Å². The van der Waals surface area contributed by atoms with E-state index in [4.69, 9.17) is 9.47 Å². The summed E-state index contributed by atoms with van der Waals surface area (Å²) in [5, 5.41) is 1.88. The quantitative estimate of drug-likeness (QED) is 0.787. The van der Waals surface area contributed by atoms with Crippen LogP contribution in [0.5, 0.6) is 11.5 Å². The molecule has 3 heterocycles. The molecule has 6 nitrogen and oxygen atoms in total. The zero-order valence-corrected chi connectivity index (χ0v) is 14.0. The van der Waals surface area contributed by atoms with Crippen molar-refractivity contribution in [1.82, 2.24) is 14.9 Å². The van der Waals surface area contributed by atoms with Crippen molar-refractivity contribution >= 4 is 21.6 Å². The Morgan fingerprint density at radius 2 is 2.17 bits per heavy atom. The fourth-order valence-electron chi connectivity index (χ4n) is 2.82. The molecule has 1 aromatic carbocycles. The van der Waals surface area contributed by atoms with Crippen molar-refractivity contribution in [1.29, 1.82) is 0 Å². The average Bonchev–Trinajstić information content (AvgIpc) is 3.03. The van der Waals surface area contributed by atoms with Crippen molar-refractivity contribution in [2.45, 2.75) is 12.6 Å². The molecule has 3 aromatic rings. The highest BCUT2D eigenvalue weighted by Gasteiger charge is 2.22. The van der Waals surface area contributed by atoms with Crippen LogP contribution < -0.4 is 15.0 Å². The third kappa shape index (κ3) is 3.00. The Morgan fingerprint density at radius 3 is 3.04 bits per heavy atom. The second-order valence-corrected chi connectivity index (χ2v) is 6.76. The van der Waals surface area contributed by atoms with Crippen molar-refractivity contribution in [3.63, 3.8) is 0 Å². The van der Waals surface area contributed by atoms with E-state index < -0.39 is 0 Å². The maximum atomic E-state index is 12.0. The minimum Gasteiger partial charge on any atom is -0.486 e. The normalized spacial score (nSPS) is 16.7. The van der Waals surface area contributed by atoms with Crippen molar-refractivity contribution in [2.24, 2.45) is 0 Å². The van der Waals surface area contributed by atoms with Gasteiger partial charge in [0, 0.05) is 6.54 Å². The number of para-hydroxylation sites is 2. The van der Waals surface area contributed by atoms with E-state index in [1.54, 1.807) is 0 Å². The first-order chi connectivity index (χ1) is 11.7. The summed E-state index contributed by atoms with van der Waals surface area (Å²) in [6, 6.07) is 9.54. The number of hydrogen-bond donors (Lipinski definition) is 1. The predicted octanol–water partition coefficient (Wildman–Crippen LogP) is 2.26. The molecule has 0 fully saturated rings. The van der Waals surface area contributed by atoms with E-state index in [0.29, 0.717) is 30.2 Å². The molecule has 0 amide bonds. The first-order valence-electron chi connectivity index (χ1n) is 7.72. The molecular formula is C17H17N3O3S. The molecule has 1 atom stereocenters. The molecule has 24 heavy (non-hydrogen) atoms. The second-order valence-electron chi connectivity index (χ2n) is 5.84. The molecule has 0 radical (unpaired) electrons. The van der Waals surface area contributed by atoms with Gasteiger partial charge in [-0.2, -0.15) is 0 Å². The predicted molar refractivity (Wildman–Crippen MR) is 92.9 cm³/mol. The second kappa shape index (κ2) is 6.26. The highest BCUT2D eigenvalue weighted by atomic mass is 32.1. The molecule has 1 aliphatic rings. The number of nitrogens with one attached hydrogen (secondary N) is 1. The number of benzene rings is 1. The van der Waals surface area contributed by atoms with E-state index in [0.717, 1.165) is 17.0 Å². The Labute approximate surface area is 142 Å². The van der Waals surface area contributed by atoms with Gasteiger partial charge in [-0.3, -0.25) is 9.69 Å². The first kappa shape index (κ1) is 15.2. The number of nitrogens with zero attached hydrogens (tertiary/aromatic N) is 2. The highest BCUT2D eigenvalue weighted by Crippen LogP contribution is 2.31. The Kier molecular flexibility index (Phi) is 3.95. The van der Waals surface area contributed by atoms with E-state index in [1.807, 2.05) is 42.8 Å². The number of likely N-dealkylation sites (N-methyl/N-ethyl adjacent to an activating group) is 1. The van der Waals surface area contributed by atoms with E-state index >= 15 is 0 Å². The van der Waals surface area contributed by atoms with Crippen LogP contribution in [-0.2, 0) is 6.54 Å². The van der Waals surface area contributed by atoms with E-state index in [9.17, 15) is 4.79 Å². The van der Waals surface area contributed by atoms with Crippen LogP contribution in [0.15, 0.2) is 40.5 Å². The van der Waals surface area contributed by atoms with Crippen LogP contribution in [0.25, 0.3) is 10.2 Å². The number of ether oxygens (including phenoxy) is 2. The SMILES string of the molecule is CN(Cc1nc2ccsc2c(=O)[nH]1)CC1COc2ccccc2O1. The zero-order valence-electron chi connectivity index (χ0n) is 13.2. The minimum absolute atomic E-state index is 0.0542. The standard InChI is InChI=1S/C17H17N3O3S/c1-20(8-11-10-22-13-4-2-3-5-14(13)23-11)9-15-18-12-6-7-24-16(12)17(21)19-15/h2-7,11H,8-10H2,1H3,(H,18,19,21). The Hall–Kier alpha value is -2.38. The van der Waals surface area contributed by atoms with Crippen LogP contribution >= 0.6 is 11.3 Å². The maximum absolute atomic E-state index is 12.0. The molecule has 0 saturated heterocycles. The summed E-state index contributed by atoms with van der Waals surface area (Å²) in [7, 11) is 1.97. The third-order valence-electron chi connectivity index (χ3n) is 3.87. The van der Waals surface area contributed by atoms with Gasteiger partial charge in [0.05, 0.1) is 12.1 Å². The average molecular weight is 343 g/mol. The smallest absolute Gasteiger partial charge is 0.268 e. The number of thiophene rings is 1.